The zero-order valence-corrected chi connectivity index (χ0v) is 43.0. The molecule has 0 heterocycles. The van der Waals surface area contributed by atoms with E-state index in [1.165, 1.54) is 0 Å². The van der Waals surface area contributed by atoms with Gasteiger partial charge in [0.15, 0.2) is 6.10 Å². The molecule has 0 aromatic heterocycles. The Hall–Kier alpha value is -4.97. The highest BCUT2D eigenvalue weighted by molar-refractivity contribution is 5.71. The standard InChI is InChI=1S/C62H94O6/c1-4-7-10-13-16-19-22-25-28-30-31-32-35-37-40-43-46-49-52-55-61(64)67-58-59(57-66-60(63)54-51-48-45-42-39-36-33-27-24-21-18-15-12-9-6-3)68-62(65)56-53-50-47-44-41-38-34-29-26-23-20-17-14-11-8-5-2/h7-12,15-21,24-29,31-33,37-38,40-41,59H,4-6,13-14,22-23,30,34-36,39,42-58H2,1-3H3/b10-7-,11-8-,12-9-,18-15-,19-16-,20-17-,24-21-,28-25-,29-26-,32-31-,33-27-,40-37-,41-38-. The minimum absolute atomic E-state index is 0.122. The highest BCUT2D eigenvalue weighted by atomic mass is 16.6. The van der Waals surface area contributed by atoms with Crippen LogP contribution in [0.5, 0.6) is 0 Å². The Morgan fingerprint density at radius 2 is 0.603 bits per heavy atom. The first-order chi connectivity index (χ1) is 33.5. The third-order valence-corrected chi connectivity index (χ3v) is 10.4. The summed E-state index contributed by atoms with van der Waals surface area (Å²) in [7, 11) is 0. The lowest BCUT2D eigenvalue weighted by atomic mass is 10.1. The SMILES string of the molecule is CC\C=C/C=C\C=C/C=C\CCCCCCCC(=O)OCC(COC(=O)CCCCC/C=C\C/C=C\C/C=C\C/C=C\C/C=C\CC)OC(=O)CCCCC/C=C\C/C=C\C/C=C\C/C=C\CC. The number of ether oxygens (including phenoxy) is 3. The third-order valence-electron chi connectivity index (χ3n) is 10.4. The van der Waals surface area contributed by atoms with Gasteiger partial charge < -0.3 is 14.2 Å². The minimum atomic E-state index is -0.827. The van der Waals surface area contributed by atoms with Gasteiger partial charge in [-0.3, -0.25) is 14.4 Å². The maximum absolute atomic E-state index is 12.8. The van der Waals surface area contributed by atoms with Crippen molar-refractivity contribution in [3.63, 3.8) is 0 Å². The van der Waals surface area contributed by atoms with E-state index < -0.39 is 6.10 Å². The minimum Gasteiger partial charge on any atom is -0.462 e. The Labute approximate surface area is 416 Å². The Bertz CT molecular complexity index is 1590. The molecule has 0 aliphatic carbocycles. The maximum atomic E-state index is 12.8. The average Bonchev–Trinajstić information content (AvgIpc) is 3.34. The molecule has 1 atom stereocenters. The summed E-state index contributed by atoms with van der Waals surface area (Å²) < 4.78 is 16.7. The number of carbonyl (C=O) groups is 3. The molecule has 0 fully saturated rings. The molecule has 0 radical (unpaired) electrons. The molecule has 0 amide bonds. The van der Waals surface area contributed by atoms with E-state index in [2.05, 4.69) is 154 Å². The fourth-order valence-corrected chi connectivity index (χ4v) is 6.47. The van der Waals surface area contributed by atoms with Gasteiger partial charge in [0.2, 0.25) is 0 Å². The van der Waals surface area contributed by atoms with Crippen LogP contribution >= 0.6 is 0 Å². The second kappa shape index (κ2) is 54.6. The number of carbonyl (C=O) groups excluding carboxylic acids is 3. The molecule has 6 nitrogen and oxygen atoms in total. The van der Waals surface area contributed by atoms with Gasteiger partial charge in [-0.2, -0.15) is 0 Å². The first kappa shape index (κ1) is 63.0. The van der Waals surface area contributed by atoms with E-state index in [9.17, 15) is 14.4 Å². The number of esters is 3. The summed E-state index contributed by atoms with van der Waals surface area (Å²) in [5.41, 5.74) is 0. The van der Waals surface area contributed by atoms with Gasteiger partial charge in [-0.15, -0.1) is 0 Å². The summed E-state index contributed by atoms with van der Waals surface area (Å²) in [5.74, 6) is -1.02. The van der Waals surface area contributed by atoms with Crippen LogP contribution in [0.4, 0.5) is 0 Å². The summed E-state index contributed by atoms with van der Waals surface area (Å²) in [6.45, 7) is 6.17. The van der Waals surface area contributed by atoms with E-state index in [0.717, 1.165) is 148 Å². The summed E-state index contributed by atoms with van der Waals surface area (Å²) in [6.07, 6.45) is 79.4. The third kappa shape index (κ3) is 52.0. The molecule has 378 valence electrons. The van der Waals surface area contributed by atoms with E-state index in [1.54, 1.807) is 0 Å². The van der Waals surface area contributed by atoms with E-state index >= 15 is 0 Å². The summed E-state index contributed by atoms with van der Waals surface area (Å²) in [4.78, 5) is 38.1. The van der Waals surface area contributed by atoms with Crippen molar-refractivity contribution in [2.75, 3.05) is 13.2 Å². The molecule has 0 bridgehead atoms. The van der Waals surface area contributed by atoms with Crippen molar-refractivity contribution < 1.29 is 28.6 Å². The number of hydrogen-bond acceptors (Lipinski definition) is 6. The van der Waals surface area contributed by atoms with Crippen LogP contribution in [0.1, 0.15) is 194 Å². The molecule has 0 saturated heterocycles. The molecule has 0 saturated carbocycles. The van der Waals surface area contributed by atoms with Crippen molar-refractivity contribution in [2.45, 2.75) is 200 Å². The molecule has 0 aliphatic heterocycles. The molecule has 0 aromatic carbocycles. The van der Waals surface area contributed by atoms with Crippen molar-refractivity contribution in [3.05, 3.63) is 158 Å². The molecule has 0 N–H and O–H groups in total. The Balaban J connectivity index is 4.58. The Kier molecular flexibility index (Phi) is 50.6. The number of hydrogen-bond donors (Lipinski definition) is 0. The fraction of sp³-hybridized carbons (Fsp3) is 0.532. The van der Waals surface area contributed by atoms with Gasteiger partial charge >= 0.3 is 17.9 Å². The fourth-order valence-electron chi connectivity index (χ4n) is 6.47. The van der Waals surface area contributed by atoms with Crippen LogP contribution < -0.4 is 0 Å². The average molecular weight is 935 g/mol. The van der Waals surface area contributed by atoms with E-state index in [0.29, 0.717) is 19.3 Å². The summed E-state index contributed by atoms with van der Waals surface area (Å²) in [5, 5.41) is 0. The van der Waals surface area contributed by atoms with Gasteiger partial charge in [-0.1, -0.05) is 211 Å². The van der Waals surface area contributed by atoms with Crippen molar-refractivity contribution in [1.82, 2.24) is 0 Å². The molecule has 0 aliphatic rings. The predicted octanol–water partition coefficient (Wildman–Crippen LogP) is 17.8. The lowest BCUT2D eigenvalue weighted by Crippen LogP contribution is -2.30. The van der Waals surface area contributed by atoms with Crippen LogP contribution in [0.3, 0.4) is 0 Å². The van der Waals surface area contributed by atoms with Crippen LogP contribution in [0.15, 0.2) is 158 Å². The van der Waals surface area contributed by atoms with Gasteiger partial charge in [-0.05, 0) is 122 Å². The molecular formula is C62H94O6. The molecule has 0 rings (SSSR count). The number of unbranched alkanes of at least 4 members (excludes halogenated alkanes) is 11. The number of allylic oxidation sites excluding steroid dienone is 26. The van der Waals surface area contributed by atoms with Gasteiger partial charge in [0.1, 0.15) is 13.2 Å². The van der Waals surface area contributed by atoms with E-state index in [1.807, 2.05) is 24.3 Å². The van der Waals surface area contributed by atoms with Gasteiger partial charge in [-0.25, -0.2) is 0 Å². The van der Waals surface area contributed by atoms with Crippen LogP contribution in [-0.2, 0) is 28.6 Å². The Morgan fingerprint density at radius 3 is 1.01 bits per heavy atom. The quantitative estimate of drug-likeness (QED) is 0.0199. The largest absolute Gasteiger partial charge is 0.462 e. The lowest BCUT2D eigenvalue weighted by molar-refractivity contribution is -0.167. The molecule has 68 heavy (non-hydrogen) atoms. The van der Waals surface area contributed by atoms with Crippen molar-refractivity contribution in [2.24, 2.45) is 0 Å². The second-order valence-corrected chi connectivity index (χ2v) is 16.7. The second-order valence-electron chi connectivity index (χ2n) is 16.7. The van der Waals surface area contributed by atoms with Crippen LogP contribution in [0.25, 0.3) is 0 Å². The zero-order valence-electron chi connectivity index (χ0n) is 43.0. The van der Waals surface area contributed by atoms with Crippen molar-refractivity contribution in [3.8, 4) is 0 Å². The topological polar surface area (TPSA) is 78.9 Å². The normalized spacial score (nSPS) is 13.4. The van der Waals surface area contributed by atoms with Crippen molar-refractivity contribution in [1.29, 1.82) is 0 Å². The smallest absolute Gasteiger partial charge is 0.306 e. The Morgan fingerprint density at radius 1 is 0.309 bits per heavy atom. The molecule has 0 aromatic rings. The molecule has 0 spiro atoms. The van der Waals surface area contributed by atoms with Crippen LogP contribution in [0.2, 0.25) is 0 Å². The summed E-state index contributed by atoms with van der Waals surface area (Å²) >= 11 is 0. The van der Waals surface area contributed by atoms with Gasteiger partial charge in [0, 0.05) is 19.3 Å². The predicted molar refractivity (Wildman–Crippen MR) is 292 cm³/mol. The van der Waals surface area contributed by atoms with Crippen molar-refractivity contribution >= 4 is 17.9 Å². The first-order valence-electron chi connectivity index (χ1n) is 26.5. The van der Waals surface area contributed by atoms with Crippen LogP contribution in [-0.4, -0.2) is 37.2 Å². The lowest BCUT2D eigenvalue weighted by Gasteiger charge is -2.18. The molecule has 1 unspecified atom stereocenters. The summed E-state index contributed by atoms with van der Waals surface area (Å²) in [6, 6.07) is 0. The van der Waals surface area contributed by atoms with Crippen LogP contribution in [0, 0.1) is 0 Å². The maximum Gasteiger partial charge on any atom is 0.306 e. The molecular weight excluding hydrogens is 841 g/mol. The first-order valence-corrected chi connectivity index (χ1v) is 26.5. The van der Waals surface area contributed by atoms with E-state index in [4.69, 9.17) is 14.2 Å². The highest BCUT2D eigenvalue weighted by Gasteiger charge is 2.19. The van der Waals surface area contributed by atoms with E-state index in [-0.39, 0.29) is 37.5 Å². The monoisotopic (exact) mass is 935 g/mol. The molecule has 6 heteroatoms. The zero-order chi connectivity index (χ0) is 49.3. The van der Waals surface area contributed by atoms with Gasteiger partial charge in [0.05, 0.1) is 0 Å². The highest BCUT2D eigenvalue weighted by Crippen LogP contribution is 2.12. The number of rotatable bonds is 45. The van der Waals surface area contributed by atoms with Gasteiger partial charge in [0.25, 0.3) is 0 Å².